The summed E-state index contributed by atoms with van der Waals surface area (Å²) in [6.07, 6.45) is 2.66. The lowest BCUT2D eigenvalue weighted by Gasteiger charge is -2.32. The predicted octanol–water partition coefficient (Wildman–Crippen LogP) is 2.20. The Morgan fingerprint density at radius 1 is 0.929 bits per heavy atom. The molecule has 0 aliphatic heterocycles. The molecular formula is C12H29N2+. The highest BCUT2D eigenvalue weighted by Gasteiger charge is 2.14. The molecule has 86 valence electrons. The summed E-state index contributed by atoms with van der Waals surface area (Å²) < 4.78 is 1.17. The quantitative estimate of drug-likeness (QED) is 0.544. The molecule has 0 saturated carbocycles. The highest BCUT2D eigenvalue weighted by atomic mass is 15.3. The van der Waals surface area contributed by atoms with Gasteiger partial charge in [-0.25, -0.2) is 0 Å². The second-order valence-corrected chi connectivity index (χ2v) is 4.76. The van der Waals surface area contributed by atoms with E-state index in [-0.39, 0.29) is 0 Å². The minimum absolute atomic E-state index is 1.17. The van der Waals surface area contributed by atoms with E-state index < -0.39 is 0 Å². The van der Waals surface area contributed by atoms with E-state index >= 15 is 0 Å². The van der Waals surface area contributed by atoms with Gasteiger partial charge in [-0.3, -0.25) is 4.90 Å². The first-order chi connectivity index (χ1) is 6.55. The van der Waals surface area contributed by atoms with Crippen LogP contribution in [-0.4, -0.2) is 56.2 Å². The number of nitrogens with zero attached hydrogens (tertiary/aromatic N) is 2. The van der Waals surface area contributed by atoms with E-state index in [1.165, 1.54) is 50.0 Å². The van der Waals surface area contributed by atoms with Crippen LogP contribution in [0.25, 0.3) is 0 Å². The third-order valence-corrected chi connectivity index (χ3v) is 3.03. The molecular weight excluding hydrogens is 172 g/mol. The molecule has 0 unspecified atom stereocenters. The van der Waals surface area contributed by atoms with Crippen molar-refractivity contribution in [3.8, 4) is 0 Å². The van der Waals surface area contributed by atoms with Crippen LogP contribution in [-0.2, 0) is 0 Å². The maximum Gasteiger partial charge on any atom is 0.0911 e. The van der Waals surface area contributed by atoms with Crippen molar-refractivity contribution in [2.24, 2.45) is 0 Å². The zero-order valence-electron chi connectivity index (χ0n) is 10.8. The topological polar surface area (TPSA) is 3.24 Å². The van der Waals surface area contributed by atoms with Crippen LogP contribution in [0.1, 0.15) is 33.6 Å². The van der Waals surface area contributed by atoms with Crippen LogP contribution in [0.4, 0.5) is 0 Å². The van der Waals surface area contributed by atoms with E-state index in [4.69, 9.17) is 0 Å². The van der Waals surface area contributed by atoms with Crippen LogP contribution in [0.15, 0.2) is 0 Å². The van der Waals surface area contributed by atoms with Gasteiger partial charge in [-0.15, -0.1) is 0 Å². The van der Waals surface area contributed by atoms with E-state index in [1.807, 2.05) is 0 Å². The summed E-state index contributed by atoms with van der Waals surface area (Å²) in [7, 11) is 4.69. The molecule has 2 heteroatoms. The maximum absolute atomic E-state index is 2.51. The molecule has 0 aliphatic carbocycles. The molecule has 0 N–H and O–H groups in total. The molecule has 0 aromatic rings. The molecule has 0 aliphatic rings. The third-order valence-electron chi connectivity index (χ3n) is 3.03. The van der Waals surface area contributed by atoms with Gasteiger partial charge < -0.3 is 4.48 Å². The Hall–Kier alpha value is -0.0800. The molecule has 0 bridgehead atoms. The van der Waals surface area contributed by atoms with Crippen LogP contribution < -0.4 is 0 Å². The molecule has 0 atom stereocenters. The highest BCUT2D eigenvalue weighted by Crippen LogP contribution is 2.02. The lowest BCUT2D eigenvalue weighted by atomic mass is 10.3. The summed E-state index contributed by atoms with van der Waals surface area (Å²) in [6, 6.07) is 0. The van der Waals surface area contributed by atoms with Gasteiger partial charge in [-0.1, -0.05) is 27.2 Å². The lowest BCUT2D eigenvalue weighted by Crippen LogP contribution is -2.46. The average Bonchev–Trinajstić information content (AvgIpc) is 2.16. The van der Waals surface area contributed by atoms with Crippen LogP contribution in [0.2, 0.25) is 0 Å². The Bertz CT molecular complexity index is 128. The second-order valence-electron chi connectivity index (χ2n) is 4.76. The number of unbranched alkanes of at least 4 members (excludes halogenated alkanes) is 1. The molecule has 0 fully saturated rings. The first kappa shape index (κ1) is 13.9. The van der Waals surface area contributed by atoms with E-state index in [2.05, 4.69) is 39.8 Å². The van der Waals surface area contributed by atoms with E-state index in [9.17, 15) is 0 Å². The molecule has 0 spiro atoms. The molecule has 0 amide bonds. The summed E-state index contributed by atoms with van der Waals surface area (Å²) in [6.45, 7) is 13.0. The molecule has 0 saturated heterocycles. The van der Waals surface area contributed by atoms with Crippen molar-refractivity contribution in [1.82, 2.24) is 4.90 Å². The Morgan fingerprint density at radius 3 is 1.93 bits per heavy atom. The number of likely N-dealkylation sites (N-methyl/N-ethyl adjacent to an activating group) is 2. The van der Waals surface area contributed by atoms with Crippen LogP contribution >= 0.6 is 0 Å². The predicted molar refractivity (Wildman–Crippen MR) is 64.5 cm³/mol. The Labute approximate surface area is 90.5 Å². The van der Waals surface area contributed by atoms with Gasteiger partial charge in [0, 0.05) is 6.54 Å². The number of quaternary nitrogens is 1. The Kier molecular flexibility index (Phi) is 7.20. The Morgan fingerprint density at radius 2 is 1.50 bits per heavy atom. The van der Waals surface area contributed by atoms with Gasteiger partial charge >= 0.3 is 0 Å². The SMILES string of the molecule is CCCC[N+](C)(C)CCN(CC)CC. The highest BCUT2D eigenvalue weighted by molar-refractivity contribution is 4.50. The fourth-order valence-corrected chi connectivity index (χ4v) is 1.65. The summed E-state index contributed by atoms with van der Waals surface area (Å²) in [5.74, 6) is 0. The minimum atomic E-state index is 1.17. The van der Waals surface area contributed by atoms with Crippen molar-refractivity contribution in [3.63, 3.8) is 0 Å². The van der Waals surface area contributed by atoms with Gasteiger partial charge in [0.2, 0.25) is 0 Å². The molecule has 14 heavy (non-hydrogen) atoms. The summed E-state index contributed by atoms with van der Waals surface area (Å²) in [5.41, 5.74) is 0. The summed E-state index contributed by atoms with van der Waals surface area (Å²) >= 11 is 0. The molecule has 0 radical (unpaired) electrons. The van der Waals surface area contributed by atoms with E-state index in [1.54, 1.807) is 0 Å². The van der Waals surface area contributed by atoms with Crippen LogP contribution in [0, 0.1) is 0 Å². The normalized spacial score (nSPS) is 12.4. The van der Waals surface area contributed by atoms with E-state index in [0.29, 0.717) is 0 Å². The van der Waals surface area contributed by atoms with Gasteiger partial charge in [-0.05, 0) is 19.5 Å². The summed E-state index contributed by atoms with van der Waals surface area (Å²) in [5, 5.41) is 0. The van der Waals surface area contributed by atoms with Crippen molar-refractivity contribution in [2.45, 2.75) is 33.6 Å². The molecule has 0 rings (SSSR count). The lowest BCUT2D eigenvalue weighted by molar-refractivity contribution is -0.890. The van der Waals surface area contributed by atoms with Gasteiger partial charge in [0.25, 0.3) is 0 Å². The summed E-state index contributed by atoms with van der Waals surface area (Å²) in [4.78, 5) is 2.51. The Balaban J connectivity index is 3.72. The van der Waals surface area contributed by atoms with Crippen LogP contribution in [0.3, 0.4) is 0 Å². The van der Waals surface area contributed by atoms with Gasteiger partial charge in [0.1, 0.15) is 0 Å². The minimum Gasteiger partial charge on any atom is -0.327 e. The molecule has 0 aromatic carbocycles. The average molecular weight is 201 g/mol. The maximum atomic E-state index is 2.51. The van der Waals surface area contributed by atoms with Crippen molar-refractivity contribution in [1.29, 1.82) is 0 Å². The zero-order chi connectivity index (χ0) is 11.0. The monoisotopic (exact) mass is 201 g/mol. The van der Waals surface area contributed by atoms with Crippen molar-refractivity contribution in [2.75, 3.05) is 46.8 Å². The van der Waals surface area contributed by atoms with Gasteiger partial charge in [-0.2, -0.15) is 0 Å². The standard InChI is InChI=1S/C12H29N2/c1-6-9-11-14(4,5)12-10-13(7-2)8-3/h6-12H2,1-5H3/q+1. The van der Waals surface area contributed by atoms with Crippen molar-refractivity contribution < 1.29 is 4.48 Å². The van der Waals surface area contributed by atoms with Crippen molar-refractivity contribution in [3.05, 3.63) is 0 Å². The van der Waals surface area contributed by atoms with Gasteiger partial charge in [0.15, 0.2) is 0 Å². The number of rotatable bonds is 8. The van der Waals surface area contributed by atoms with Gasteiger partial charge in [0.05, 0.1) is 27.2 Å². The smallest absolute Gasteiger partial charge is 0.0911 e. The van der Waals surface area contributed by atoms with Crippen molar-refractivity contribution >= 4 is 0 Å². The fourth-order valence-electron chi connectivity index (χ4n) is 1.65. The molecule has 0 aromatic heterocycles. The first-order valence-corrected chi connectivity index (χ1v) is 6.10. The number of hydrogen-bond donors (Lipinski definition) is 0. The first-order valence-electron chi connectivity index (χ1n) is 6.10. The third kappa shape index (κ3) is 6.39. The van der Waals surface area contributed by atoms with E-state index in [0.717, 1.165) is 0 Å². The largest absolute Gasteiger partial charge is 0.327 e. The van der Waals surface area contributed by atoms with Crippen LogP contribution in [0.5, 0.6) is 0 Å². The second kappa shape index (κ2) is 7.24. The molecule has 0 heterocycles. The fraction of sp³-hybridized carbons (Fsp3) is 1.00. The number of hydrogen-bond acceptors (Lipinski definition) is 1. The zero-order valence-corrected chi connectivity index (χ0v) is 10.8. The molecule has 2 nitrogen and oxygen atoms in total.